The highest BCUT2D eigenvalue weighted by molar-refractivity contribution is 7.89. The Bertz CT molecular complexity index is 1220. The van der Waals surface area contributed by atoms with Crippen molar-refractivity contribution in [1.29, 1.82) is 0 Å². The van der Waals surface area contributed by atoms with E-state index >= 15 is 0 Å². The Kier molecular flexibility index (Phi) is 8.43. The normalized spacial score (nSPS) is 20.2. The van der Waals surface area contributed by atoms with E-state index in [-0.39, 0.29) is 35.6 Å². The highest BCUT2D eigenvalue weighted by atomic mass is 32.2. The lowest BCUT2D eigenvalue weighted by Gasteiger charge is -2.37. The summed E-state index contributed by atoms with van der Waals surface area (Å²) in [6, 6.07) is 11.4. The number of hydrogen-bond acceptors (Lipinski definition) is 6. The number of aliphatic hydroxyl groups is 1. The molecule has 0 unspecified atom stereocenters. The summed E-state index contributed by atoms with van der Waals surface area (Å²) in [6.07, 6.45) is -0.462. The highest BCUT2D eigenvalue weighted by Gasteiger charge is 2.38. The molecule has 2 aromatic carbocycles. The van der Waals surface area contributed by atoms with Crippen molar-refractivity contribution in [1.82, 2.24) is 9.21 Å². The van der Waals surface area contributed by atoms with Gasteiger partial charge in [0.05, 0.1) is 20.3 Å². The van der Waals surface area contributed by atoms with Gasteiger partial charge in [0.15, 0.2) is 0 Å². The predicted octanol–water partition coefficient (Wildman–Crippen LogP) is 2.34. The molecule has 0 aromatic heterocycles. The number of likely N-dealkylation sites (N-methyl/N-ethyl adjacent to an activating group) is 1. The fourth-order valence-corrected chi connectivity index (χ4v) is 5.56. The minimum absolute atomic E-state index is 0.00942. The Hall–Kier alpha value is -3.06. The third kappa shape index (κ3) is 6.14. The van der Waals surface area contributed by atoms with Crippen molar-refractivity contribution in [2.24, 2.45) is 5.92 Å². The number of carbonyl (C=O) groups excluding carboxylic acids is 1. The van der Waals surface area contributed by atoms with Crippen molar-refractivity contribution in [2.45, 2.75) is 37.8 Å². The summed E-state index contributed by atoms with van der Waals surface area (Å²) in [5.74, 6) is 6.66. The van der Waals surface area contributed by atoms with Crippen LogP contribution in [0.5, 0.6) is 11.5 Å². The van der Waals surface area contributed by atoms with Gasteiger partial charge >= 0.3 is 0 Å². The molecule has 0 fully saturated rings. The lowest BCUT2D eigenvalue weighted by molar-refractivity contribution is -0.129. The van der Waals surface area contributed by atoms with Crippen molar-refractivity contribution in [2.75, 3.05) is 33.9 Å². The first-order chi connectivity index (χ1) is 16.6. The molecule has 0 bridgehead atoms. The van der Waals surface area contributed by atoms with Crippen LogP contribution in [-0.2, 0) is 14.8 Å². The summed E-state index contributed by atoms with van der Waals surface area (Å²) in [5.41, 5.74) is 1.37. The van der Waals surface area contributed by atoms with Crippen LogP contribution >= 0.6 is 0 Å². The molecule has 3 atom stereocenters. The average Bonchev–Trinajstić information content (AvgIpc) is 2.84. The number of nitrogens with zero attached hydrogens (tertiary/aromatic N) is 2. The summed E-state index contributed by atoms with van der Waals surface area (Å²) in [7, 11) is -0.666. The zero-order valence-electron chi connectivity index (χ0n) is 20.7. The van der Waals surface area contributed by atoms with E-state index < -0.39 is 22.2 Å². The first-order valence-electron chi connectivity index (χ1n) is 11.4. The number of amides is 1. The number of sulfonamides is 1. The molecule has 9 heteroatoms. The van der Waals surface area contributed by atoms with Gasteiger partial charge < -0.3 is 19.5 Å². The Balaban J connectivity index is 2.05. The van der Waals surface area contributed by atoms with Crippen molar-refractivity contribution < 1.29 is 27.8 Å². The fraction of sp³-hybridized carbons (Fsp3) is 0.423. The molecule has 0 radical (unpaired) electrons. The van der Waals surface area contributed by atoms with E-state index in [0.717, 1.165) is 11.3 Å². The topological polar surface area (TPSA) is 96.4 Å². The molecule has 35 heavy (non-hydrogen) atoms. The summed E-state index contributed by atoms with van der Waals surface area (Å²) < 4.78 is 39.8. The van der Waals surface area contributed by atoms with Crippen LogP contribution in [0.25, 0.3) is 0 Å². The molecule has 188 valence electrons. The Morgan fingerprint density at radius 2 is 1.86 bits per heavy atom. The van der Waals surface area contributed by atoms with Gasteiger partial charge in [-0.25, -0.2) is 8.42 Å². The van der Waals surface area contributed by atoms with Crippen LogP contribution in [0.1, 0.15) is 31.9 Å². The Morgan fingerprint density at radius 1 is 1.23 bits per heavy atom. The molecule has 3 rings (SSSR count). The van der Waals surface area contributed by atoms with Crippen LogP contribution in [0.15, 0.2) is 47.4 Å². The summed E-state index contributed by atoms with van der Waals surface area (Å²) in [5, 5.41) is 9.74. The van der Waals surface area contributed by atoms with Gasteiger partial charge in [-0.1, -0.05) is 18.8 Å². The van der Waals surface area contributed by atoms with Gasteiger partial charge in [0, 0.05) is 43.6 Å². The predicted molar refractivity (Wildman–Crippen MR) is 133 cm³/mol. The maximum atomic E-state index is 13.5. The van der Waals surface area contributed by atoms with E-state index in [1.807, 2.05) is 31.2 Å². The van der Waals surface area contributed by atoms with E-state index in [2.05, 4.69) is 11.8 Å². The molecule has 0 saturated carbocycles. The second kappa shape index (κ2) is 11.1. The second-order valence-corrected chi connectivity index (χ2v) is 10.6. The maximum Gasteiger partial charge on any atom is 0.247 e. The molecule has 0 aliphatic carbocycles. The molecule has 0 saturated heterocycles. The number of ether oxygens (including phenoxy) is 2. The van der Waals surface area contributed by atoms with Crippen molar-refractivity contribution in [3.63, 3.8) is 0 Å². The number of aliphatic hydroxyl groups excluding tert-OH is 1. The van der Waals surface area contributed by atoms with Gasteiger partial charge in [-0.15, -0.1) is 0 Å². The number of hydrogen-bond donors (Lipinski definition) is 1. The number of carbonyl (C=O) groups is 1. The zero-order valence-corrected chi connectivity index (χ0v) is 21.5. The monoisotopic (exact) mass is 500 g/mol. The van der Waals surface area contributed by atoms with Crippen LogP contribution in [0.4, 0.5) is 0 Å². The first-order valence-corrected chi connectivity index (χ1v) is 12.8. The Labute approximate surface area is 207 Å². The molecule has 1 amide bonds. The van der Waals surface area contributed by atoms with Gasteiger partial charge in [-0.3, -0.25) is 4.79 Å². The molecular formula is C26H32N2O6S. The van der Waals surface area contributed by atoms with Crippen LogP contribution in [0, 0.1) is 17.8 Å². The summed E-state index contributed by atoms with van der Waals surface area (Å²) >= 11 is 0. The molecule has 2 aromatic rings. The smallest absolute Gasteiger partial charge is 0.247 e. The van der Waals surface area contributed by atoms with Crippen molar-refractivity contribution in [3.8, 4) is 23.3 Å². The van der Waals surface area contributed by atoms with Gasteiger partial charge in [-0.05, 0) is 49.4 Å². The van der Waals surface area contributed by atoms with E-state index in [9.17, 15) is 18.3 Å². The lowest BCUT2D eigenvalue weighted by Crippen LogP contribution is -2.50. The minimum atomic E-state index is -3.94. The molecule has 1 N–H and O–H groups in total. The standard InChI is InChI=1S/C26H32N2O6S/c1-18-15-28(19(2)17-29)35(31,32)26-13-10-22(7-6-21-8-11-23(33-5)12-9-21)14-24(26)34-25(18)16-27(4)20(3)30/h8-14,18-19,25,29H,15-17H2,1-5H3/t18-,19-,25+/m1/s1. The zero-order chi connectivity index (χ0) is 25.8. The van der Waals surface area contributed by atoms with Crippen LogP contribution in [0.2, 0.25) is 0 Å². The first kappa shape index (κ1) is 26.5. The summed E-state index contributed by atoms with van der Waals surface area (Å²) in [4.78, 5) is 13.4. The van der Waals surface area contributed by atoms with Crippen LogP contribution in [0.3, 0.4) is 0 Å². The summed E-state index contributed by atoms with van der Waals surface area (Å²) in [6.45, 7) is 5.14. The van der Waals surface area contributed by atoms with Crippen LogP contribution < -0.4 is 9.47 Å². The number of benzene rings is 2. The lowest BCUT2D eigenvalue weighted by atomic mass is 10.0. The van der Waals surface area contributed by atoms with Crippen molar-refractivity contribution in [3.05, 3.63) is 53.6 Å². The molecule has 8 nitrogen and oxygen atoms in total. The number of rotatable bonds is 5. The molecule has 1 aliphatic heterocycles. The molecule has 0 spiro atoms. The SMILES string of the molecule is COc1ccc(C#Cc2ccc3c(c2)O[C@@H](CN(C)C(C)=O)[C@H](C)CN([C@H](C)CO)S3(=O)=O)cc1. The van der Waals surface area contributed by atoms with Gasteiger partial charge in [-0.2, -0.15) is 4.31 Å². The quantitative estimate of drug-likeness (QED) is 0.633. The average molecular weight is 501 g/mol. The van der Waals surface area contributed by atoms with Crippen LogP contribution in [-0.4, -0.2) is 74.6 Å². The largest absolute Gasteiger partial charge is 0.497 e. The molecule has 1 aliphatic rings. The molecular weight excluding hydrogens is 468 g/mol. The van der Waals surface area contributed by atoms with Gasteiger partial charge in [0.1, 0.15) is 22.5 Å². The van der Waals surface area contributed by atoms with Gasteiger partial charge in [0.25, 0.3) is 0 Å². The van der Waals surface area contributed by atoms with Crippen molar-refractivity contribution >= 4 is 15.9 Å². The highest BCUT2D eigenvalue weighted by Crippen LogP contribution is 2.34. The van der Waals surface area contributed by atoms with Gasteiger partial charge in [0.2, 0.25) is 15.9 Å². The third-order valence-electron chi connectivity index (χ3n) is 6.10. The minimum Gasteiger partial charge on any atom is -0.497 e. The second-order valence-electron chi connectivity index (χ2n) is 8.78. The van der Waals surface area contributed by atoms with E-state index in [0.29, 0.717) is 12.1 Å². The molecule has 1 heterocycles. The number of fused-ring (bicyclic) bond motifs is 1. The Morgan fingerprint density at radius 3 is 2.46 bits per heavy atom. The maximum absolute atomic E-state index is 13.5. The van der Waals surface area contributed by atoms with E-state index in [4.69, 9.17) is 9.47 Å². The number of methoxy groups -OCH3 is 1. The fourth-order valence-electron chi connectivity index (χ4n) is 3.74. The third-order valence-corrected chi connectivity index (χ3v) is 8.12. The van der Waals surface area contributed by atoms with E-state index in [1.54, 1.807) is 38.1 Å². The van der Waals surface area contributed by atoms with E-state index in [1.165, 1.54) is 17.3 Å².